The molecule has 0 unspecified atom stereocenters. The zero-order valence-electron chi connectivity index (χ0n) is 8.40. The zero-order valence-corrected chi connectivity index (χ0v) is 8.40. The van der Waals surface area contributed by atoms with Gasteiger partial charge in [0, 0.05) is 11.8 Å². The van der Waals surface area contributed by atoms with E-state index in [0.29, 0.717) is 5.69 Å². The van der Waals surface area contributed by atoms with Crippen molar-refractivity contribution in [1.29, 1.82) is 0 Å². The van der Waals surface area contributed by atoms with Crippen LogP contribution in [0, 0.1) is 0 Å². The average molecular weight is 215 g/mol. The van der Waals surface area contributed by atoms with Gasteiger partial charge < -0.3 is 5.73 Å². The minimum absolute atomic E-state index is 0.388. The molecule has 0 atom stereocenters. The number of aromatic amines is 1. The van der Waals surface area contributed by atoms with E-state index < -0.39 is 5.91 Å². The number of rotatable bonds is 1. The molecule has 2 heterocycles. The van der Waals surface area contributed by atoms with Crippen LogP contribution in [0.15, 0.2) is 12.5 Å². The van der Waals surface area contributed by atoms with E-state index in [9.17, 15) is 4.79 Å². The number of H-pyrrole nitrogens is 1. The number of carbonyl (C=O) groups is 1. The van der Waals surface area contributed by atoms with Gasteiger partial charge in [-0.2, -0.15) is 5.10 Å². The molecule has 0 saturated carbocycles. The van der Waals surface area contributed by atoms with Gasteiger partial charge in [-0.25, -0.2) is 9.97 Å². The first-order valence-electron chi connectivity index (χ1n) is 4.93. The first-order chi connectivity index (χ1) is 7.77. The van der Waals surface area contributed by atoms with Crippen LogP contribution in [0.5, 0.6) is 0 Å². The van der Waals surface area contributed by atoms with Crippen LogP contribution < -0.4 is 5.73 Å². The Hall–Kier alpha value is -2.24. The van der Waals surface area contributed by atoms with E-state index in [2.05, 4.69) is 20.2 Å². The van der Waals surface area contributed by atoms with Crippen molar-refractivity contribution in [2.24, 2.45) is 5.73 Å². The molecule has 1 aliphatic rings. The number of nitrogens with zero attached hydrogens (tertiary/aromatic N) is 3. The molecule has 3 rings (SSSR count). The molecule has 1 amide bonds. The van der Waals surface area contributed by atoms with E-state index in [0.717, 1.165) is 35.4 Å². The van der Waals surface area contributed by atoms with Crippen LogP contribution in [-0.2, 0) is 12.8 Å². The molecule has 0 fully saturated rings. The van der Waals surface area contributed by atoms with E-state index in [-0.39, 0.29) is 0 Å². The first-order valence-corrected chi connectivity index (χ1v) is 4.93. The molecule has 80 valence electrons. The van der Waals surface area contributed by atoms with E-state index in [1.54, 1.807) is 6.20 Å². The number of hydrogen-bond acceptors (Lipinski definition) is 4. The molecule has 16 heavy (non-hydrogen) atoms. The summed E-state index contributed by atoms with van der Waals surface area (Å²) in [5.74, 6) is -0.480. The fourth-order valence-corrected chi connectivity index (χ4v) is 2.02. The van der Waals surface area contributed by atoms with Gasteiger partial charge in [0.05, 0.1) is 5.69 Å². The number of hydrogen-bond donors (Lipinski definition) is 2. The number of primary amides is 1. The van der Waals surface area contributed by atoms with Crippen molar-refractivity contribution in [1.82, 2.24) is 20.2 Å². The maximum absolute atomic E-state index is 11.2. The summed E-state index contributed by atoms with van der Waals surface area (Å²) in [5, 5.41) is 6.77. The Balaban J connectivity index is 2.23. The fourth-order valence-electron chi connectivity index (χ4n) is 2.02. The van der Waals surface area contributed by atoms with Gasteiger partial charge in [0.15, 0.2) is 0 Å². The van der Waals surface area contributed by atoms with E-state index in [4.69, 9.17) is 5.73 Å². The van der Waals surface area contributed by atoms with Gasteiger partial charge >= 0.3 is 0 Å². The van der Waals surface area contributed by atoms with Gasteiger partial charge in [0.25, 0.3) is 5.91 Å². The number of nitrogens with two attached hydrogens (primary N) is 1. The molecule has 2 aromatic rings. The number of amides is 1. The second-order valence-corrected chi connectivity index (χ2v) is 3.69. The lowest BCUT2D eigenvalue weighted by Gasteiger charge is -2.13. The van der Waals surface area contributed by atoms with E-state index in [1.165, 1.54) is 6.33 Å². The van der Waals surface area contributed by atoms with Crippen molar-refractivity contribution in [2.75, 3.05) is 0 Å². The number of carbonyl (C=O) groups excluding carboxylic acids is 1. The highest BCUT2D eigenvalue weighted by molar-refractivity contribution is 5.94. The molecule has 0 radical (unpaired) electrons. The molecular weight excluding hydrogens is 206 g/mol. The predicted molar refractivity (Wildman–Crippen MR) is 55.5 cm³/mol. The number of fused-ring (bicyclic) bond motifs is 3. The van der Waals surface area contributed by atoms with Crippen LogP contribution in [0.25, 0.3) is 11.4 Å². The molecule has 6 nitrogen and oxygen atoms in total. The quantitative estimate of drug-likeness (QED) is 0.703. The van der Waals surface area contributed by atoms with Crippen molar-refractivity contribution in [3.63, 3.8) is 0 Å². The van der Waals surface area contributed by atoms with Crippen LogP contribution in [0.4, 0.5) is 0 Å². The molecule has 0 spiro atoms. The SMILES string of the molecule is NC(=O)c1[nH]nc2c1CCc1cncnc1-2. The molecule has 2 aromatic heterocycles. The summed E-state index contributed by atoms with van der Waals surface area (Å²) in [6.07, 6.45) is 4.81. The number of aryl methyl sites for hydroxylation is 1. The van der Waals surface area contributed by atoms with Gasteiger partial charge in [-0.05, 0) is 18.4 Å². The monoisotopic (exact) mass is 215 g/mol. The van der Waals surface area contributed by atoms with Crippen LogP contribution in [0.1, 0.15) is 21.6 Å². The van der Waals surface area contributed by atoms with Crippen LogP contribution in [0.2, 0.25) is 0 Å². The van der Waals surface area contributed by atoms with Crippen molar-refractivity contribution in [3.05, 3.63) is 29.3 Å². The molecule has 6 heteroatoms. The van der Waals surface area contributed by atoms with Gasteiger partial charge in [-0.3, -0.25) is 9.89 Å². The normalized spacial score (nSPS) is 13.0. The van der Waals surface area contributed by atoms with Gasteiger partial charge in [0.1, 0.15) is 17.7 Å². The minimum atomic E-state index is -0.480. The first kappa shape index (κ1) is 9.02. The Bertz CT molecular complexity index is 574. The summed E-state index contributed by atoms with van der Waals surface area (Å²) >= 11 is 0. The van der Waals surface area contributed by atoms with Crippen LogP contribution in [0.3, 0.4) is 0 Å². The summed E-state index contributed by atoms with van der Waals surface area (Å²) in [4.78, 5) is 19.3. The largest absolute Gasteiger partial charge is 0.364 e. The van der Waals surface area contributed by atoms with Gasteiger partial charge in [-0.15, -0.1) is 0 Å². The third kappa shape index (κ3) is 1.13. The molecular formula is C10H9N5O. The van der Waals surface area contributed by atoms with Crippen molar-refractivity contribution < 1.29 is 4.79 Å². The molecule has 0 aromatic carbocycles. The van der Waals surface area contributed by atoms with Gasteiger partial charge in [-0.1, -0.05) is 0 Å². The highest BCUT2D eigenvalue weighted by atomic mass is 16.1. The molecule has 3 N–H and O–H groups in total. The highest BCUT2D eigenvalue weighted by Gasteiger charge is 2.24. The standard InChI is InChI=1S/C10H9N5O/c11-10(16)9-6-2-1-5-3-12-4-13-7(5)8(6)14-15-9/h3-4H,1-2H2,(H2,11,16)(H,14,15). The van der Waals surface area contributed by atoms with Gasteiger partial charge in [0.2, 0.25) is 0 Å². The Morgan fingerprint density at radius 1 is 1.38 bits per heavy atom. The predicted octanol–water partition coefficient (Wildman–Crippen LogP) is 0.0642. The Kier molecular flexibility index (Phi) is 1.76. The van der Waals surface area contributed by atoms with E-state index in [1.807, 2.05) is 0 Å². The second-order valence-electron chi connectivity index (χ2n) is 3.69. The van der Waals surface area contributed by atoms with Crippen LogP contribution in [-0.4, -0.2) is 26.1 Å². The molecule has 0 bridgehead atoms. The summed E-state index contributed by atoms with van der Waals surface area (Å²) in [6.45, 7) is 0. The van der Waals surface area contributed by atoms with E-state index >= 15 is 0 Å². The molecule has 0 aliphatic heterocycles. The maximum Gasteiger partial charge on any atom is 0.267 e. The molecule has 1 aliphatic carbocycles. The highest BCUT2D eigenvalue weighted by Crippen LogP contribution is 2.30. The lowest BCUT2D eigenvalue weighted by atomic mass is 9.93. The summed E-state index contributed by atoms with van der Waals surface area (Å²) in [6, 6.07) is 0. The third-order valence-corrected chi connectivity index (χ3v) is 2.77. The van der Waals surface area contributed by atoms with Crippen molar-refractivity contribution >= 4 is 5.91 Å². The summed E-state index contributed by atoms with van der Waals surface area (Å²) in [7, 11) is 0. The average Bonchev–Trinajstić information content (AvgIpc) is 2.73. The lowest BCUT2D eigenvalue weighted by Crippen LogP contribution is -2.15. The Labute approximate surface area is 90.9 Å². The van der Waals surface area contributed by atoms with Crippen LogP contribution >= 0.6 is 0 Å². The van der Waals surface area contributed by atoms with Crippen molar-refractivity contribution in [3.8, 4) is 11.4 Å². The topological polar surface area (TPSA) is 97.6 Å². The smallest absolute Gasteiger partial charge is 0.267 e. The summed E-state index contributed by atoms with van der Waals surface area (Å²) in [5.41, 5.74) is 9.07. The minimum Gasteiger partial charge on any atom is -0.364 e. The zero-order chi connectivity index (χ0) is 11.1. The third-order valence-electron chi connectivity index (χ3n) is 2.77. The Morgan fingerprint density at radius 2 is 2.25 bits per heavy atom. The second kappa shape index (κ2) is 3.13. The lowest BCUT2D eigenvalue weighted by molar-refractivity contribution is 0.0994. The fraction of sp³-hybridized carbons (Fsp3) is 0.200. The Morgan fingerprint density at radius 3 is 3.06 bits per heavy atom. The summed E-state index contributed by atoms with van der Waals surface area (Å²) < 4.78 is 0. The van der Waals surface area contributed by atoms with Crippen molar-refractivity contribution in [2.45, 2.75) is 12.8 Å². The number of aromatic nitrogens is 4. The maximum atomic E-state index is 11.2. The number of nitrogens with one attached hydrogen (secondary N) is 1. The molecule has 0 saturated heterocycles.